The predicted molar refractivity (Wildman–Crippen MR) is 86.4 cm³/mol. The molecule has 118 valence electrons. The summed E-state index contributed by atoms with van der Waals surface area (Å²) in [5.74, 6) is 0. The van der Waals surface area contributed by atoms with Crippen LogP contribution in [-0.2, 0) is 4.74 Å². The van der Waals surface area contributed by atoms with Crippen LogP contribution in [0.4, 0.5) is 4.79 Å². The Balaban J connectivity index is 2.26. The van der Waals surface area contributed by atoms with Gasteiger partial charge in [-0.15, -0.1) is 13.2 Å². The minimum Gasteiger partial charge on any atom is -0.444 e. The summed E-state index contributed by atoms with van der Waals surface area (Å²) < 4.78 is 5.53. The van der Waals surface area contributed by atoms with Crippen molar-refractivity contribution < 1.29 is 14.6 Å². The van der Waals surface area contributed by atoms with Crippen molar-refractivity contribution in [2.24, 2.45) is 0 Å². The average molecular weight is 301 g/mol. The highest BCUT2D eigenvalue weighted by Gasteiger charge is 2.44. The zero-order chi connectivity index (χ0) is 15.9. The molecule has 1 aliphatic heterocycles. The minimum atomic E-state index is -0.396. The van der Waals surface area contributed by atoms with E-state index in [1.54, 1.807) is 11.0 Å². The van der Waals surface area contributed by atoms with Gasteiger partial charge in [0.15, 0.2) is 0 Å². The van der Waals surface area contributed by atoms with Gasteiger partial charge in [0.1, 0.15) is 6.10 Å². The number of cyclic esters (lactones) is 1. The molecule has 1 fully saturated rings. The molecule has 4 nitrogen and oxygen atoms in total. The largest absolute Gasteiger partial charge is 0.444 e. The molecular formula is C18H23NO3. The number of ether oxygens (including phenoxy) is 1. The molecule has 0 saturated carbocycles. The molecule has 2 rings (SSSR count). The Morgan fingerprint density at radius 1 is 1.27 bits per heavy atom. The molecule has 0 unspecified atom stereocenters. The van der Waals surface area contributed by atoms with Gasteiger partial charge in [0.2, 0.25) is 0 Å². The number of rotatable bonds is 8. The Kier molecular flexibility index (Phi) is 5.78. The molecule has 0 aromatic heterocycles. The van der Waals surface area contributed by atoms with Crippen LogP contribution >= 0.6 is 0 Å². The first kappa shape index (κ1) is 16.3. The molecule has 0 spiro atoms. The summed E-state index contributed by atoms with van der Waals surface area (Å²) in [6, 6.07) is 9.03. The van der Waals surface area contributed by atoms with Gasteiger partial charge in [0.05, 0.1) is 18.7 Å². The van der Waals surface area contributed by atoms with Gasteiger partial charge in [0, 0.05) is 0 Å². The second-order valence-corrected chi connectivity index (χ2v) is 5.40. The van der Waals surface area contributed by atoms with Crippen molar-refractivity contribution in [1.29, 1.82) is 0 Å². The van der Waals surface area contributed by atoms with E-state index in [4.69, 9.17) is 4.74 Å². The molecule has 1 heterocycles. The maximum Gasteiger partial charge on any atom is 0.411 e. The standard InChI is InChI=1S/C18H23NO3/c1-3-5-12-17-15(9-4-2)19(18(21)22-17)16(13-20)14-10-7-6-8-11-14/h3-4,6-8,10-11,15-17,20H,1-2,5,9,12-13H2/t15-,16-,17-/m1/s1. The fraction of sp³-hybridized carbons (Fsp3) is 0.389. The number of amides is 1. The SMILES string of the molecule is C=CCC[C@H]1OC(=O)N([C@H](CO)c2ccccc2)[C@@H]1CC=C. The van der Waals surface area contributed by atoms with E-state index in [1.165, 1.54) is 0 Å². The Bertz CT molecular complexity index is 514. The summed E-state index contributed by atoms with van der Waals surface area (Å²) in [6.07, 6.45) is 5.20. The number of aliphatic hydroxyl groups excluding tert-OH is 1. The molecule has 1 amide bonds. The third-order valence-corrected chi connectivity index (χ3v) is 4.01. The van der Waals surface area contributed by atoms with Crippen LogP contribution in [0.1, 0.15) is 30.9 Å². The molecule has 0 radical (unpaired) electrons. The Hall–Kier alpha value is -2.07. The number of hydrogen-bond donors (Lipinski definition) is 1. The van der Waals surface area contributed by atoms with E-state index in [0.29, 0.717) is 6.42 Å². The van der Waals surface area contributed by atoms with Crippen LogP contribution in [0.5, 0.6) is 0 Å². The lowest BCUT2D eigenvalue weighted by Crippen LogP contribution is -2.40. The topological polar surface area (TPSA) is 49.8 Å². The van der Waals surface area contributed by atoms with E-state index >= 15 is 0 Å². The lowest BCUT2D eigenvalue weighted by Gasteiger charge is -2.30. The van der Waals surface area contributed by atoms with Gasteiger partial charge in [0.25, 0.3) is 0 Å². The van der Waals surface area contributed by atoms with Crippen molar-refractivity contribution in [2.75, 3.05) is 6.61 Å². The van der Waals surface area contributed by atoms with Crippen LogP contribution < -0.4 is 0 Å². The number of nitrogens with zero attached hydrogens (tertiary/aromatic N) is 1. The summed E-state index contributed by atoms with van der Waals surface area (Å²) in [4.78, 5) is 14.0. The molecular weight excluding hydrogens is 278 g/mol. The number of hydrogen-bond acceptors (Lipinski definition) is 3. The molecule has 22 heavy (non-hydrogen) atoms. The number of aliphatic hydroxyl groups is 1. The lowest BCUT2D eigenvalue weighted by molar-refractivity contribution is 0.114. The quantitative estimate of drug-likeness (QED) is 0.748. The molecule has 1 aromatic rings. The van der Waals surface area contributed by atoms with Crippen molar-refractivity contribution >= 4 is 6.09 Å². The fourth-order valence-corrected chi connectivity index (χ4v) is 2.94. The van der Waals surface area contributed by atoms with Gasteiger partial charge in [-0.05, 0) is 24.8 Å². The fourth-order valence-electron chi connectivity index (χ4n) is 2.94. The number of benzene rings is 1. The van der Waals surface area contributed by atoms with Crippen LogP contribution in [0.3, 0.4) is 0 Å². The van der Waals surface area contributed by atoms with Crippen LogP contribution in [0.2, 0.25) is 0 Å². The Morgan fingerprint density at radius 2 is 2.00 bits per heavy atom. The van der Waals surface area contributed by atoms with Crippen molar-refractivity contribution in [1.82, 2.24) is 4.90 Å². The van der Waals surface area contributed by atoms with E-state index in [2.05, 4.69) is 13.2 Å². The summed E-state index contributed by atoms with van der Waals surface area (Å²) in [5.41, 5.74) is 0.903. The number of allylic oxidation sites excluding steroid dienone is 1. The van der Waals surface area contributed by atoms with Crippen LogP contribution in [0.25, 0.3) is 0 Å². The molecule has 4 heteroatoms. The monoisotopic (exact) mass is 301 g/mol. The van der Waals surface area contributed by atoms with Gasteiger partial charge in [-0.25, -0.2) is 4.79 Å². The Labute approximate surface area is 131 Å². The van der Waals surface area contributed by atoms with Crippen LogP contribution in [0, 0.1) is 0 Å². The second-order valence-electron chi connectivity index (χ2n) is 5.40. The molecule has 3 atom stereocenters. The summed E-state index contributed by atoms with van der Waals surface area (Å²) in [5, 5.41) is 9.81. The molecule has 1 aromatic carbocycles. The first-order chi connectivity index (χ1) is 10.7. The summed E-state index contributed by atoms with van der Waals surface area (Å²) in [6.45, 7) is 7.36. The molecule has 0 aliphatic carbocycles. The van der Waals surface area contributed by atoms with Crippen molar-refractivity contribution in [3.8, 4) is 0 Å². The predicted octanol–water partition coefficient (Wildman–Crippen LogP) is 3.45. The highest BCUT2D eigenvalue weighted by molar-refractivity contribution is 5.71. The highest BCUT2D eigenvalue weighted by Crippen LogP contribution is 2.33. The first-order valence-corrected chi connectivity index (χ1v) is 7.59. The van der Waals surface area contributed by atoms with Gasteiger partial charge >= 0.3 is 6.09 Å². The zero-order valence-electron chi connectivity index (χ0n) is 12.7. The third-order valence-electron chi connectivity index (χ3n) is 4.01. The molecule has 1 N–H and O–H groups in total. The molecule has 1 aliphatic rings. The zero-order valence-corrected chi connectivity index (χ0v) is 12.7. The van der Waals surface area contributed by atoms with Crippen molar-refractivity contribution in [3.63, 3.8) is 0 Å². The minimum absolute atomic E-state index is 0.109. The van der Waals surface area contributed by atoms with E-state index < -0.39 is 6.04 Å². The molecule has 0 bridgehead atoms. The summed E-state index contributed by atoms with van der Waals surface area (Å²) >= 11 is 0. The van der Waals surface area contributed by atoms with Gasteiger partial charge in [-0.2, -0.15) is 0 Å². The van der Waals surface area contributed by atoms with Gasteiger partial charge in [-0.3, -0.25) is 4.90 Å². The maximum absolute atomic E-state index is 12.3. The average Bonchev–Trinajstić information content (AvgIpc) is 2.84. The van der Waals surface area contributed by atoms with E-state index in [-0.39, 0.29) is 24.8 Å². The van der Waals surface area contributed by atoms with Gasteiger partial charge < -0.3 is 9.84 Å². The third kappa shape index (κ3) is 3.39. The van der Waals surface area contributed by atoms with E-state index in [1.807, 2.05) is 36.4 Å². The van der Waals surface area contributed by atoms with E-state index in [0.717, 1.165) is 18.4 Å². The second kappa shape index (κ2) is 7.80. The first-order valence-electron chi connectivity index (χ1n) is 7.59. The van der Waals surface area contributed by atoms with Crippen molar-refractivity contribution in [2.45, 2.75) is 37.5 Å². The highest BCUT2D eigenvalue weighted by atomic mass is 16.6. The maximum atomic E-state index is 12.3. The number of carbonyl (C=O) groups excluding carboxylic acids is 1. The van der Waals surface area contributed by atoms with Gasteiger partial charge in [-0.1, -0.05) is 42.5 Å². The molecule has 1 saturated heterocycles. The normalized spacial score (nSPS) is 22.2. The smallest absolute Gasteiger partial charge is 0.411 e. The summed E-state index contributed by atoms with van der Waals surface area (Å²) in [7, 11) is 0. The lowest BCUT2D eigenvalue weighted by atomic mass is 9.98. The van der Waals surface area contributed by atoms with Crippen LogP contribution in [-0.4, -0.2) is 34.9 Å². The van der Waals surface area contributed by atoms with Crippen molar-refractivity contribution in [3.05, 3.63) is 61.2 Å². The van der Waals surface area contributed by atoms with Crippen LogP contribution in [0.15, 0.2) is 55.6 Å². The van der Waals surface area contributed by atoms with E-state index in [9.17, 15) is 9.90 Å². The Morgan fingerprint density at radius 3 is 2.59 bits per heavy atom. The number of carbonyl (C=O) groups is 1.